The first-order valence-electron chi connectivity index (χ1n) is 15.0. The molecule has 1 heterocycles. The van der Waals surface area contributed by atoms with E-state index < -0.39 is 0 Å². The molecular weight excluding hydrogens is 532 g/mol. The Morgan fingerprint density at radius 1 is 0.545 bits per heavy atom. The van der Waals surface area contributed by atoms with Gasteiger partial charge in [0, 0.05) is 16.3 Å². The zero-order valence-electron chi connectivity index (χ0n) is 24.5. The van der Waals surface area contributed by atoms with E-state index in [1.165, 1.54) is 49.4 Å². The third-order valence-electron chi connectivity index (χ3n) is 8.79. The van der Waals surface area contributed by atoms with Crippen molar-refractivity contribution in [2.24, 2.45) is 0 Å². The summed E-state index contributed by atoms with van der Waals surface area (Å²) in [6.07, 6.45) is 4.33. The van der Waals surface area contributed by atoms with Crippen molar-refractivity contribution < 1.29 is 4.42 Å². The number of rotatable bonds is 5. The fraction of sp³-hybridized carbons (Fsp3) is 0.0233. The van der Waals surface area contributed by atoms with Crippen LogP contribution < -0.4 is 0 Å². The Morgan fingerprint density at radius 3 is 1.82 bits per heavy atom. The summed E-state index contributed by atoms with van der Waals surface area (Å²) < 4.78 is 6.34. The summed E-state index contributed by atoms with van der Waals surface area (Å²) in [6, 6.07) is 49.5. The standard InChI is InChI=1S/C43H30O/c1-28-12-3-4-13-30(28)23-22-29(2)41-35-15-5-7-17-37(35)42(38-18-8-6-16-36(38)41)32-26-24-31(25-27-32)33-19-11-20-39-34-14-9-10-21-40(34)44-43(33)39/h3-27H,2H2,1H3/b23-22-. The summed E-state index contributed by atoms with van der Waals surface area (Å²) in [4.78, 5) is 0. The van der Waals surface area contributed by atoms with E-state index in [1.54, 1.807) is 0 Å². The lowest BCUT2D eigenvalue weighted by Crippen LogP contribution is -1.92. The lowest BCUT2D eigenvalue weighted by Gasteiger charge is -2.18. The van der Waals surface area contributed by atoms with Crippen LogP contribution in [0.2, 0.25) is 0 Å². The number of para-hydroxylation sites is 2. The van der Waals surface area contributed by atoms with Gasteiger partial charge in [-0.05, 0) is 73.5 Å². The van der Waals surface area contributed by atoms with Gasteiger partial charge in [-0.1, -0.05) is 152 Å². The number of benzene rings is 7. The van der Waals surface area contributed by atoms with Crippen LogP contribution in [-0.2, 0) is 0 Å². The fourth-order valence-electron chi connectivity index (χ4n) is 6.62. The molecule has 0 unspecified atom stereocenters. The van der Waals surface area contributed by atoms with E-state index in [1.807, 2.05) is 12.1 Å². The predicted molar refractivity (Wildman–Crippen MR) is 189 cm³/mol. The minimum atomic E-state index is 0.917. The molecule has 44 heavy (non-hydrogen) atoms. The summed E-state index contributed by atoms with van der Waals surface area (Å²) in [5, 5.41) is 7.15. The minimum Gasteiger partial charge on any atom is -0.455 e. The van der Waals surface area contributed by atoms with Gasteiger partial charge in [-0.25, -0.2) is 0 Å². The molecule has 8 rings (SSSR count). The molecule has 0 bridgehead atoms. The van der Waals surface area contributed by atoms with Crippen LogP contribution in [0.25, 0.3) is 77.4 Å². The van der Waals surface area contributed by atoms with Crippen LogP contribution in [-0.4, -0.2) is 0 Å². The van der Waals surface area contributed by atoms with E-state index in [9.17, 15) is 0 Å². The molecule has 0 fully saturated rings. The zero-order valence-corrected chi connectivity index (χ0v) is 24.5. The second-order valence-corrected chi connectivity index (χ2v) is 11.4. The highest BCUT2D eigenvalue weighted by atomic mass is 16.3. The number of hydrogen-bond donors (Lipinski definition) is 0. The third kappa shape index (κ3) is 4.25. The topological polar surface area (TPSA) is 13.1 Å². The smallest absolute Gasteiger partial charge is 0.143 e. The Bertz CT molecular complexity index is 2340. The van der Waals surface area contributed by atoms with Crippen molar-refractivity contribution in [1.29, 1.82) is 0 Å². The quantitative estimate of drug-likeness (QED) is 0.150. The van der Waals surface area contributed by atoms with Crippen LogP contribution in [0.3, 0.4) is 0 Å². The molecule has 1 heteroatoms. The highest BCUT2D eigenvalue weighted by molar-refractivity contribution is 6.19. The summed E-state index contributed by atoms with van der Waals surface area (Å²) in [6.45, 7) is 6.71. The average molecular weight is 563 g/mol. The summed E-state index contributed by atoms with van der Waals surface area (Å²) >= 11 is 0. The van der Waals surface area contributed by atoms with E-state index in [2.05, 4.69) is 153 Å². The summed E-state index contributed by atoms with van der Waals surface area (Å²) in [5.74, 6) is 0. The Morgan fingerprint density at radius 2 is 1.11 bits per heavy atom. The van der Waals surface area contributed by atoms with Crippen LogP contribution in [0.4, 0.5) is 0 Å². The maximum absolute atomic E-state index is 6.34. The number of furan rings is 1. The number of allylic oxidation sites excluding steroid dienone is 2. The first kappa shape index (κ1) is 26.0. The number of fused-ring (bicyclic) bond motifs is 5. The lowest BCUT2D eigenvalue weighted by molar-refractivity contribution is 0.670. The molecular formula is C43H30O. The van der Waals surface area contributed by atoms with Gasteiger partial charge >= 0.3 is 0 Å². The second kappa shape index (κ2) is 10.6. The zero-order chi connectivity index (χ0) is 29.6. The molecule has 0 saturated carbocycles. The molecule has 0 saturated heterocycles. The SMILES string of the molecule is C=C(/C=C\c1ccccc1C)c1c2ccccc2c(-c2ccc(-c3cccc4c3oc3ccccc34)cc2)c2ccccc12. The monoisotopic (exact) mass is 562 g/mol. The van der Waals surface area contributed by atoms with Crippen molar-refractivity contribution in [1.82, 2.24) is 0 Å². The van der Waals surface area contributed by atoms with E-state index in [0.29, 0.717) is 0 Å². The van der Waals surface area contributed by atoms with Crippen molar-refractivity contribution >= 4 is 55.1 Å². The molecule has 0 N–H and O–H groups in total. The third-order valence-corrected chi connectivity index (χ3v) is 8.79. The first-order valence-corrected chi connectivity index (χ1v) is 15.0. The van der Waals surface area contributed by atoms with Crippen LogP contribution in [0.15, 0.2) is 157 Å². The Hall–Kier alpha value is -5.66. The van der Waals surface area contributed by atoms with Crippen LogP contribution in [0.1, 0.15) is 16.7 Å². The van der Waals surface area contributed by atoms with Crippen LogP contribution in [0, 0.1) is 6.92 Å². The Kier molecular flexibility index (Phi) is 6.24. The van der Waals surface area contributed by atoms with Crippen molar-refractivity contribution in [2.45, 2.75) is 6.92 Å². The van der Waals surface area contributed by atoms with Gasteiger partial charge in [0.05, 0.1) is 0 Å². The molecule has 0 amide bonds. The Balaban J connectivity index is 1.27. The predicted octanol–water partition coefficient (Wildman–Crippen LogP) is 12.3. The fourth-order valence-corrected chi connectivity index (χ4v) is 6.62. The van der Waals surface area contributed by atoms with Gasteiger partial charge in [0.25, 0.3) is 0 Å². The molecule has 0 atom stereocenters. The molecule has 0 aliphatic heterocycles. The van der Waals surface area contributed by atoms with Gasteiger partial charge in [-0.2, -0.15) is 0 Å². The minimum absolute atomic E-state index is 0.917. The van der Waals surface area contributed by atoms with Crippen molar-refractivity contribution in [2.75, 3.05) is 0 Å². The number of hydrogen-bond acceptors (Lipinski definition) is 1. The molecule has 0 spiro atoms. The molecule has 7 aromatic carbocycles. The van der Waals surface area contributed by atoms with Gasteiger partial charge in [0.1, 0.15) is 11.2 Å². The van der Waals surface area contributed by atoms with Crippen LogP contribution >= 0.6 is 0 Å². The van der Waals surface area contributed by atoms with Crippen molar-refractivity contribution in [3.8, 4) is 22.3 Å². The van der Waals surface area contributed by atoms with Gasteiger partial charge in [-0.15, -0.1) is 0 Å². The van der Waals surface area contributed by atoms with E-state index >= 15 is 0 Å². The highest BCUT2D eigenvalue weighted by Gasteiger charge is 2.17. The van der Waals surface area contributed by atoms with Crippen molar-refractivity contribution in [3.63, 3.8) is 0 Å². The van der Waals surface area contributed by atoms with E-state index in [4.69, 9.17) is 4.42 Å². The van der Waals surface area contributed by atoms with E-state index in [0.717, 1.165) is 38.6 Å². The molecule has 0 radical (unpaired) electrons. The molecule has 0 aliphatic rings. The maximum Gasteiger partial charge on any atom is 0.143 e. The van der Waals surface area contributed by atoms with Crippen molar-refractivity contribution in [3.05, 3.63) is 169 Å². The summed E-state index contributed by atoms with van der Waals surface area (Å²) in [5.41, 5.74) is 11.2. The van der Waals surface area contributed by atoms with E-state index in [-0.39, 0.29) is 0 Å². The second-order valence-electron chi connectivity index (χ2n) is 11.4. The lowest BCUT2D eigenvalue weighted by atomic mass is 9.85. The normalized spacial score (nSPS) is 11.8. The first-order chi connectivity index (χ1) is 21.7. The maximum atomic E-state index is 6.34. The van der Waals surface area contributed by atoms with Gasteiger partial charge in [0.15, 0.2) is 0 Å². The summed E-state index contributed by atoms with van der Waals surface area (Å²) in [7, 11) is 0. The van der Waals surface area contributed by atoms with Gasteiger partial charge in [0.2, 0.25) is 0 Å². The molecule has 208 valence electrons. The van der Waals surface area contributed by atoms with Gasteiger partial charge in [-0.3, -0.25) is 0 Å². The average Bonchev–Trinajstić information content (AvgIpc) is 3.46. The van der Waals surface area contributed by atoms with Gasteiger partial charge < -0.3 is 4.42 Å². The molecule has 0 aliphatic carbocycles. The van der Waals surface area contributed by atoms with Crippen LogP contribution in [0.5, 0.6) is 0 Å². The largest absolute Gasteiger partial charge is 0.455 e. The molecule has 1 nitrogen and oxygen atoms in total. The Labute approximate surface area is 257 Å². The molecule has 8 aromatic rings. The number of aryl methyl sites for hydroxylation is 1. The molecule has 1 aromatic heterocycles. The highest BCUT2D eigenvalue weighted by Crippen LogP contribution is 2.43.